The maximum Gasteiger partial charge on any atom is 0.262 e. The summed E-state index contributed by atoms with van der Waals surface area (Å²) in [5.41, 5.74) is 2.07. The predicted octanol–water partition coefficient (Wildman–Crippen LogP) is 4.16. The lowest BCUT2D eigenvalue weighted by Gasteiger charge is -2.11. The van der Waals surface area contributed by atoms with Gasteiger partial charge in [0.1, 0.15) is 0 Å². The monoisotopic (exact) mass is 485 g/mol. The molecule has 0 aliphatic heterocycles. The number of hydrogen-bond donors (Lipinski definition) is 1. The lowest BCUT2D eigenvalue weighted by Crippen LogP contribution is -2.24. The van der Waals surface area contributed by atoms with E-state index in [0.29, 0.717) is 58.7 Å². The molecule has 2 aromatic carbocycles. The molecule has 0 aliphatic rings. The molecule has 33 heavy (non-hydrogen) atoms. The summed E-state index contributed by atoms with van der Waals surface area (Å²) in [7, 11) is 0. The molecule has 10 heteroatoms. The second kappa shape index (κ2) is 10.4. The molecule has 0 atom stereocenters. The second-order valence-electron chi connectivity index (χ2n) is 7.39. The molecule has 0 radical (unpaired) electrons. The predicted molar refractivity (Wildman–Crippen MR) is 131 cm³/mol. The Labute approximate surface area is 199 Å². The quantitative estimate of drug-likeness (QED) is 0.283. The minimum atomic E-state index is -0.184. The molecule has 4 aromatic rings. The van der Waals surface area contributed by atoms with Gasteiger partial charge in [-0.2, -0.15) is 0 Å². The van der Waals surface area contributed by atoms with Gasteiger partial charge in [-0.1, -0.05) is 41.6 Å². The lowest BCUT2D eigenvalue weighted by atomic mass is 10.2. The number of aromatic nitrogens is 4. The molecule has 2 aromatic heterocycles. The van der Waals surface area contributed by atoms with Crippen LogP contribution in [0.25, 0.3) is 16.7 Å². The molecule has 0 saturated carbocycles. The number of aryl methyl sites for hydroxylation is 1. The minimum absolute atomic E-state index is 0.118. The summed E-state index contributed by atoms with van der Waals surface area (Å²) >= 11 is 7.40. The highest BCUT2D eigenvalue weighted by molar-refractivity contribution is 7.99. The molecule has 0 bridgehead atoms. The van der Waals surface area contributed by atoms with Crippen molar-refractivity contribution in [3.05, 3.63) is 63.4 Å². The van der Waals surface area contributed by atoms with Gasteiger partial charge in [0.25, 0.3) is 5.56 Å². The summed E-state index contributed by atoms with van der Waals surface area (Å²) in [4.78, 5) is 25.7. The van der Waals surface area contributed by atoms with E-state index in [2.05, 4.69) is 15.5 Å². The van der Waals surface area contributed by atoms with E-state index >= 15 is 0 Å². The molecule has 172 valence electrons. The number of fused-ring (bicyclic) bond motifs is 3. The minimum Gasteiger partial charge on any atom is -0.382 e. The maximum atomic E-state index is 13.1. The van der Waals surface area contributed by atoms with Crippen LogP contribution in [0.15, 0.2) is 52.4 Å². The van der Waals surface area contributed by atoms with Gasteiger partial charge >= 0.3 is 0 Å². The zero-order valence-corrected chi connectivity index (χ0v) is 19.9. The van der Waals surface area contributed by atoms with Crippen molar-refractivity contribution in [3.8, 4) is 0 Å². The summed E-state index contributed by atoms with van der Waals surface area (Å²) in [6.07, 6.45) is 0.679. The van der Waals surface area contributed by atoms with Crippen molar-refractivity contribution in [1.82, 2.24) is 19.2 Å². The Bertz CT molecular complexity index is 1370. The highest BCUT2D eigenvalue weighted by Crippen LogP contribution is 2.25. The van der Waals surface area contributed by atoms with Crippen LogP contribution < -0.4 is 10.9 Å². The molecular weight excluding hydrogens is 462 g/mol. The van der Waals surface area contributed by atoms with Gasteiger partial charge in [0.05, 0.1) is 16.7 Å². The number of nitrogens with zero attached hydrogens (tertiary/aromatic N) is 4. The Hall–Kier alpha value is -2.88. The summed E-state index contributed by atoms with van der Waals surface area (Å²) in [5.74, 6) is 0.394. The Balaban J connectivity index is 1.62. The number of rotatable bonds is 9. The van der Waals surface area contributed by atoms with Crippen molar-refractivity contribution in [3.63, 3.8) is 0 Å². The van der Waals surface area contributed by atoms with Crippen LogP contribution in [0.2, 0.25) is 5.02 Å². The van der Waals surface area contributed by atoms with Gasteiger partial charge in [-0.15, -0.1) is 10.2 Å². The van der Waals surface area contributed by atoms with Gasteiger partial charge in [-0.3, -0.25) is 18.6 Å². The Morgan fingerprint density at radius 2 is 2.00 bits per heavy atom. The third-order valence-electron chi connectivity index (χ3n) is 5.23. The van der Waals surface area contributed by atoms with Crippen LogP contribution >= 0.6 is 23.4 Å². The van der Waals surface area contributed by atoms with Gasteiger partial charge in [-0.05, 0) is 50.1 Å². The normalized spacial score (nSPS) is 11.4. The first-order valence-electron chi connectivity index (χ1n) is 10.6. The van der Waals surface area contributed by atoms with E-state index in [-0.39, 0.29) is 17.2 Å². The molecule has 0 saturated heterocycles. The Kier molecular flexibility index (Phi) is 7.32. The van der Waals surface area contributed by atoms with Gasteiger partial charge < -0.3 is 10.1 Å². The van der Waals surface area contributed by atoms with Crippen molar-refractivity contribution < 1.29 is 9.53 Å². The van der Waals surface area contributed by atoms with Crippen LogP contribution in [0.4, 0.5) is 5.69 Å². The number of anilines is 1. The number of nitrogens with one attached hydrogen (secondary N) is 1. The molecule has 8 nitrogen and oxygen atoms in total. The molecule has 0 fully saturated rings. The van der Waals surface area contributed by atoms with Gasteiger partial charge in [0, 0.05) is 30.5 Å². The largest absolute Gasteiger partial charge is 0.382 e. The zero-order valence-electron chi connectivity index (χ0n) is 18.4. The van der Waals surface area contributed by atoms with E-state index < -0.39 is 0 Å². The Morgan fingerprint density at radius 1 is 1.18 bits per heavy atom. The number of amides is 1. The molecular formula is C23H24ClN5O3S. The molecule has 0 aliphatic carbocycles. The van der Waals surface area contributed by atoms with E-state index in [1.807, 2.05) is 42.5 Å². The number of hydrogen-bond acceptors (Lipinski definition) is 6. The average molecular weight is 486 g/mol. The smallest absolute Gasteiger partial charge is 0.262 e. The third-order valence-corrected chi connectivity index (χ3v) is 6.57. The van der Waals surface area contributed by atoms with E-state index in [9.17, 15) is 9.59 Å². The average Bonchev–Trinajstić information content (AvgIpc) is 3.24. The van der Waals surface area contributed by atoms with Crippen molar-refractivity contribution in [2.75, 3.05) is 24.3 Å². The van der Waals surface area contributed by atoms with Gasteiger partial charge in [0.2, 0.25) is 11.7 Å². The van der Waals surface area contributed by atoms with Crippen LogP contribution in [0, 0.1) is 6.92 Å². The fourth-order valence-corrected chi connectivity index (χ4v) is 4.47. The highest BCUT2D eigenvalue weighted by atomic mass is 35.5. The Morgan fingerprint density at radius 3 is 2.82 bits per heavy atom. The molecule has 4 rings (SSSR count). The summed E-state index contributed by atoms with van der Waals surface area (Å²) in [6, 6.07) is 12.7. The van der Waals surface area contributed by atoms with Crippen LogP contribution in [0.5, 0.6) is 0 Å². The number of para-hydroxylation sites is 1. The van der Waals surface area contributed by atoms with Gasteiger partial charge in [-0.25, -0.2) is 0 Å². The first kappa shape index (κ1) is 23.3. The molecule has 1 N–H and O–H groups in total. The van der Waals surface area contributed by atoms with E-state index in [1.165, 1.54) is 11.8 Å². The second-order valence-corrected chi connectivity index (χ2v) is 8.74. The standard InChI is InChI=1S/C23H24ClN5O3S/c1-3-32-13-7-12-28-21(31)16-8-4-5-11-19(16)29-22(28)26-27-23(29)33-14-20(30)25-18-10-6-9-17(24)15(18)2/h4-6,8-11H,3,7,12-14H2,1-2H3,(H,25,30). The van der Waals surface area contributed by atoms with Crippen LogP contribution in [0.3, 0.4) is 0 Å². The summed E-state index contributed by atoms with van der Waals surface area (Å²) in [6.45, 7) is 5.44. The summed E-state index contributed by atoms with van der Waals surface area (Å²) in [5, 5.41) is 13.2. The fourth-order valence-electron chi connectivity index (χ4n) is 3.56. The third kappa shape index (κ3) is 4.90. The van der Waals surface area contributed by atoms with Crippen LogP contribution in [-0.2, 0) is 16.1 Å². The SMILES string of the molecule is CCOCCCn1c(=O)c2ccccc2n2c(SCC(=O)Nc3cccc(Cl)c3C)nnc12. The topological polar surface area (TPSA) is 90.5 Å². The zero-order chi connectivity index (χ0) is 23.4. The van der Waals surface area contributed by atoms with Gasteiger partial charge in [0.15, 0.2) is 5.16 Å². The molecule has 2 heterocycles. The molecule has 1 amide bonds. The van der Waals surface area contributed by atoms with E-state index in [4.69, 9.17) is 16.3 Å². The van der Waals surface area contributed by atoms with Crippen molar-refractivity contribution in [2.45, 2.75) is 32.0 Å². The number of benzene rings is 2. The van der Waals surface area contributed by atoms with Crippen molar-refractivity contribution in [2.24, 2.45) is 0 Å². The first-order chi connectivity index (χ1) is 16.0. The van der Waals surface area contributed by atoms with Crippen LogP contribution in [0.1, 0.15) is 18.9 Å². The van der Waals surface area contributed by atoms with Crippen molar-refractivity contribution in [1.29, 1.82) is 0 Å². The van der Waals surface area contributed by atoms with E-state index in [0.717, 1.165) is 5.56 Å². The van der Waals surface area contributed by atoms with Crippen molar-refractivity contribution >= 4 is 51.6 Å². The lowest BCUT2D eigenvalue weighted by molar-refractivity contribution is -0.113. The van der Waals surface area contributed by atoms with Crippen LogP contribution in [-0.4, -0.2) is 44.0 Å². The number of carbonyl (C=O) groups excluding carboxylic acids is 1. The first-order valence-corrected chi connectivity index (χ1v) is 12.0. The molecule has 0 spiro atoms. The number of ether oxygens (including phenoxy) is 1. The number of halogens is 1. The fraction of sp³-hybridized carbons (Fsp3) is 0.304. The number of carbonyl (C=O) groups is 1. The molecule has 0 unspecified atom stereocenters. The highest BCUT2D eigenvalue weighted by Gasteiger charge is 2.18. The van der Waals surface area contributed by atoms with E-state index in [1.54, 1.807) is 22.8 Å². The summed E-state index contributed by atoms with van der Waals surface area (Å²) < 4.78 is 8.87. The number of thioether (sulfide) groups is 1. The maximum absolute atomic E-state index is 13.1.